The van der Waals surface area contributed by atoms with Crippen molar-refractivity contribution < 1.29 is 32.6 Å². The van der Waals surface area contributed by atoms with Gasteiger partial charge in [-0.3, -0.25) is 9.59 Å². The third-order valence-electron chi connectivity index (χ3n) is 6.54. The Balaban J connectivity index is 3.06. The van der Waals surface area contributed by atoms with Crippen molar-refractivity contribution in [1.82, 2.24) is 5.32 Å². The minimum absolute atomic E-state index is 0.0859. The second-order valence-electron chi connectivity index (χ2n) is 8.32. The molecule has 3 N–H and O–H groups in total. The van der Waals surface area contributed by atoms with Crippen LogP contribution in [-0.4, -0.2) is 55.6 Å². The van der Waals surface area contributed by atoms with Gasteiger partial charge in [0.1, 0.15) is 6.67 Å². The first-order valence-electron chi connectivity index (χ1n) is 9.35. The van der Waals surface area contributed by atoms with Crippen molar-refractivity contribution in [2.75, 3.05) is 12.9 Å². The van der Waals surface area contributed by atoms with E-state index in [4.69, 9.17) is 0 Å². The molecule has 1 fully saturated rings. The summed E-state index contributed by atoms with van der Waals surface area (Å²) in [5, 5.41) is 23.4. The molecule has 0 saturated carbocycles. The van der Waals surface area contributed by atoms with Crippen LogP contribution in [0, 0.1) is 16.7 Å². The van der Waals surface area contributed by atoms with Crippen LogP contribution < -0.4 is 5.32 Å². The van der Waals surface area contributed by atoms with Crippen molar-refractivity contribution in [2.24, 2.45) is 16.7 Å². The zero-order valence-corrected chi connectivity index (χ0v) is 18.0. The van der Waals surface area contributed by atoms with Crippen LogP contribution >= 0.6 is 0 Å². The lowest BCUT2D eigenvalue weighted by Gasteiger charge is -2.58. The lowest BCUT2D eigenvalue weighted by molar-refractivity contribution is -0.176. The van der Waals surface area contributed by atoms with Gasteiger partial charge in [-0.15, -0.1) is 0 Å². The minimum Gasteiger partial charge on any atom is -0.481 e. The first-order chi connectivity index (χ1) is 13.3. The maximum atomic E-state index is 14.0. The van der Waals surface area contributed by atoms with Gasteiger partial charge in [-0.05, 0) is 31.4 Å². The monoisotopic (exact) mass is 429 g/mol. The number of carboxylic acids is 2. The van der Waals surface area contributed by atoms with Crippen molar-refractivity contribution in [1.29, 1.82) is 0 Å². The first-order valence-corrected chi connectivity index (χ1v) is 11.2. The Kier molecular flexibility index (Phi) is 6.17. The molecule has 0 spiro atoms. The Morgan fingerprint density at radius 3 is 2.17 bits per heavy atom. The van der Waals surface area contributed by atoms with E-state index in [0.717, 1.165) is 6.26 Å². The molecule has 0 aliphatic carbocycles. The summed E-state index contributed by atoms with van der Waals surface area (Å²) in [6.07, 6.45) is 0.985. The predicted octanol–water partition coefficient (Wildman–Crippen LogP) is 2.32. The topological polar surface area (TPSA) is 121 Å². The normalized spacial score (nSPS) is 32.9. The molecule has 1 saturated heterocycles. The van der Waals surface area contributed by atoms with Gasteiger partial charge in [0.15, 0.2) is 9.84 Å². The third-order valence-corrected chi connectivity index (χ3v) is 7.71. The van der Waals surface area contributed by atoms with Gasteiger partial charge >= 0.3 is 11.9 Å². The molecule has 9 heteroatoms. The van der Waals surface area contributed by atoms with E-state index in [1.807, 2.05) is 0 Å². The number of rotatable bonds is 6. The lowest BCUT2D eigenvalue weighted by atomic mass is 9.49. The van der Waals surface area contributed by atoms with Gasteiger partial charge in [-0.1, -0.05) is 32.0 Å². The highest BCUT2D eigenvalue weighted by Gasteiger charge is 2.67. The largest absolute Gasteiger partial charge is 0.481 e. The van der Waals surface area contributed by atoms with Gasteiger partial charge in [0.05, 0.1) is 21.8 Å². The van der Waals surface area contributed by atoms with Gasteiger partial charge in [-0.25, -0.2) is 12.8 Å². The summed E-state index contributed by atoms with van der Waals surface area (Å²) in [6.45, 7) is 5.13. The Hall–Kier alpha value is -2.00. The van der Waals surface area contributed by atoms with Crippen molar-refractivity contribution in [3.8, 4) is 0 Å². The standard InChI is InChI=1S/C20H28FNO6S/c1-11(2)20(18(25)26)12(3)22-15(10-21)19(4,17(23)24)16(20)13-8-6-7-9-14(13)29(5,27)28/h6-9,11-12,15-16,22H,10H2,1-5H3,(H,23,24)(H,25,26). The quantitative estimate of drug-likeness (QED) is 0.634. The van der Waals surface area contributed by atoms with E-state index in [1.165, 1.54) is 31.2 Å². The zero-order chi connectivity index (χ0) is 22.4. The van der Waals surface area contributed by atoms with Crippen LogP contribution in [0.1, 0.15) is 39.2 Å². The summed E-state index contributed by atoms with van der Waals surface area (Å²) in [5.41, 5.74) is -3.52. The second kappa shape index (κ2) is 7.68. The Bertz CT molecular complexity index is 917. The van der Waals surface area contributed by atoms with Crippen LogP contribution in [-0.2, 0) is 19.4 Å². The number of hydrogen-bond acceptors (Lipinski definition) is 5. The maximum Gasteiger partial charge on any atom is 0.312 e. The lowest BCUT2D eigenvalue weighted by Crippen LogP contribution is -2.71. The SMILES string of the molecule is CC(C)C1(C(=O)O)C(C)NC(CF)C(C)(C(=O)O)C1c1ccccc1S(C)(=O)=O. The highest BCUT2D eigenvalue weighted by atomic mass is 32.2. The molecule has 0 amide bonds. The number of aliphatic carboxylic acids is 2. The number of hydrogen-bond donors (Lipinski definition) is 3. The van der Waals surface area contributed by atoms with Crippen molar-refractivity contribution in [3.63, 3.8) is 0 Å². The maximum absolute atomic E-state index is 14.0. The first kappa shape index (κ1) is 23.3. The molecule has 1 aromatic carbocycles. The molecule has 2 rings (SSSR count). The highest BCUT2D eigenvalue weighted by Crippen LogP contribution is 2.59. The van der Waals surface area contributed by atoms with Crippen LogP contribution in [0.4, 0.5) is 4.39 Å². The molecule has 1 heterocycles. The third kappa shape index (κ3) is 3.34. The predicted molar refractivity (Wildman–Crippen MR) is 105 cm³/mol. The van der Waals surface area contributed by atoms with Crippen molar-refractivity contribution in [3.05, 3.63) is 29.8 Å². The van der Waals surface area contributed by atoms with Gasteiger partial charge in [-0.2, -0.15) is 0 Å². The fourth-order valence-corrected chi connectivity index (χ4v) is 6.00. The number of benzene rings is 1. The van der Waals surface area contributed by atoms with E-state index < -0.39 is 63.2 Å². The summed E-state index contributed by atoms with van der Waals surface area (Å²) in [5.74, 6) is -4.53. The van der Waals surface area contributed by atoms with Gasteiger partial charge in [0, 0.05) is 18.2 Å². The molecule has 0 aromatic heterocycles. The summed E-state index contributed by atoms with van der Waals surface area (Å²) in [6, 6.07) is 3.79. The molecule has 7 nitrogen and oxygen atoms in total. The summed E-state index contributed by atoms with van der Waals surface area (Å²) < 4.78 is 38.9. The smallest absolute Gasteiger partial charge is 0.312 e. The van der Waals surface area contributed by atoms with E-state index in [9.17, 15) is 32.6 Å². The van der Waals surface area contributed by atoms with E-state index in [-0.39, 0.29) is 10.5 Å². The summed E-state index contributed by atoms with van der Waals surface area (Å²) in [4.78, 5) is 25.0. The van der Waals surface area contributed by atoms with E-state index >= 15 is 0 Å². The number of nitrogens with one attached hydrogen (secondary N) is 1. The van der Waals surface area contributed by atoms with Crippen LogP contribution in [0.2, 0.25) is 0 Å². The van der Waals surface area contributed by atoms with E-state index in [1.54, 1.807) is 20.8 Å². The highest BCUT2D eigenvalue weighted by molar-refractivity contribution is 7.90. The minimum atomic E-state index is -3.80. The fourth-order valence-electron chi connectivity index (χ4n) is 5.06. The van der Waals surface area contributed by atoms with Crippen molar-refractivity contribution in [2.45, 2.75) is 50.6 Å². The number of piperidine rings is 1. The molecule has 0 bridgehead atoms. The number of carboxylic acid groups (broad SMARTS) is 2. The number of sulfone groups is 1. The molecule has 1 aliphatic heterocycles. The Morgan fingerprint density at radius 1 is 1.21 bits per heavy atom. The van der Waals surface area contributed by atoms with E-state index in [0.29, 0.717) is 0 Å². The van der Waals surface area contributed by atoms with Crippen LogP contribution in [0.5, 0.6) is 0 Å². The summed E-state index contributed by atoms with van der Waals surface area (Å²) in [7, 11) is -3.80. The van der Waals surface area contributed by atoms with E-state index in [2.05, 4.69) is 5.32 Å². The number of alkyl halides is 1. The molecule has 29 heavy (non-hydrogen) atoms. The van der Waals surface area contributed by atoms with Gasteiger partial charge in [0.25, 0.3) is 0 Å². The summed E-state index contributed by atoms with van der Waals surface area (Å²) >= 11 is 0. The number of carbonyl (C=O) groups is 2. The average Bonchev–Trinajstić information content (AvgIpc) is 2.61. The Labute approximate surface area is 170 Å². The van der Waals surface area contributed by atoms with Crippen molar-refractivity contribution >= 4 is 21.8 Å². The number of halogens is 1. The fraction of sp³-hybridized carbons (Fsp3) is 0.600. The van der Waals surface area contributed by atoms with Crippen LogP contribution in [0.15, 0.2) is 29.2 Å². The molecular weight excluding hydrogens is 401 g/mol. The molecule has 162 valence electrons. The van der Waals surface area contributed by atoms with Crippen LogP contribution in [0.3, 0.4) is 0 Å². The molecular formula is C20H28FNO6S. The molecule has 1 aromatic rings. The molecule has 5 atom stereocenters. The van der Waals surface area contributed by atoms with Crippen LogP contribution in [0.25, 0.3) is 0 Å². The zero-order valence-electron chi connectivity index (χ0n) is 17.1. The van der Waals surface area contributed by atoms with Gasteiger partial charge < -0.3 is 15.5 Å². The van der Waals surface area contributed by atoms with Gasteiger partial charge in [0.2, 0.25) is 0 Å². The second-order valence-corrected chi connectivity index (χ2v) is 10.3. The molecule has 0 radical (unpaired) electrons. The molecule has 5 unspecified atom stereocenters. The Morgan fingerprint density at radius 2 is 1.76 bits per heavy atom. The molecule has 1 aliphatic rings. The average molecular weight is 430 g/mol.